The van der Waals surface area contributed by atoms with E-state index < -0.39 is 0 Å². The molecule has 0 aliphatic rings. The van der Waals surface area contributed by atoms with Gasteiger partial charge in [-0.2, -0.15) is 0 Å². The van der Waals surface area contributed by atoms with Crippen molar-refractivity contribution in [3.05, 3.63) is 28.8 Å². The summed E-state index contributed by atoms with van der Waals surface area (Å²) >= 11 is 5.88. The van der Waals surface area contributed by atoms with Gasteiger partial charge >= 0.3 is 0 Å². The average molecular weight is 271 g/mol. The molecule has 1 aromatic rings. The Balaban J connectivity index is 2.54. The molecule has 0 bridgehead atoms. The molecule has 1 amide bonds. The zero-order chi connectivity index (χ0) is 13.5. The Bertz CT molecular complexity index is 410. The predicted octanol–water partition coefficient (Wildman–Crippen LogP) is 2.16. The van der Waals surface area contributed by atoms with Crippen molar-refractivity contribution in [2.24, 2.45) is 0 Å². The Morgan fingerprint density at radius 2 is 2.11 bits per heavy atom. The van der Waals surface area contributed by atoms with Crippen molar-refractivity contribution < 1.29 is 9.90 Å². The van der Waals surface area contributed by atoms with Gasteiger partial charge in [-0.3, -0.25) is 4.79 Å². The number of benzene rings is 1. The SMILES string of the molecule is CN(CCCCCO)C(=O)c1ccc(N)c(Cl)c1. The lowest BCUT2D eigenvalue weighted by molar-refractivity contribution is 0.0792. The van der Waals surface area contributed by atoms with Crippen LogP contribution in [0.4, 0.5) is 5.69 Å². The van der Waals surface area contributed by atoms with Gasteiger partial charge in [0.05, 0.1) is 10.7 Å². The van der Waals surface area contributed by atoms with E-state index in [0.29, 0.717) is 22.8 Å². The molecule has 0 spiro atoms. The number of carbonyl (C=O) groups excluding carboxylic acids is 1. The molecule has 18 heavy (non-hydrogen) atoms. The molecule has 0 fully saturated rings. The van der Waals surface area contributed by atoms with Gasteiger partial charge in [0.1, 0.15) is 0 Å². The van der Waals surface area contributed by atoms with Crippen molar-refractivity contribution in [2.75, 3.05) is 25.9 Å². The summed E-state index contributed by atoms with van der Waals surface area (Å²) in [6.07, 6.45) is 2.57. The van der Waals surface area contributed by atoms with Crippen LogP contribution < -0.4 is 5.73 Å². The first kappa shape index (κ1) is 14.8. The predicted molar refractivity (Wildman–Crippen MR) is 73.8 cm³/mol. The third-order valence-electron chi connectivity index (χ3n) is 2.75. The van der Waals surface area contributed by atoms with E-state index in [0.717, 1.165) is 19.3 Å². The van der Waals surface area contributed by atoms with Crippen molar-refractivity contribution in [3.8, 4) is 0 Å². The minimum Gasteiger partial charge on any atom is -0.398 e. The van der Waals surface area contributed by atoms with Crippen LogP contribution >= 0.6 is 11.6 Å². The maximum atomic E-state index is 12.0. The second-order valence-corrected chi connectivity index (χ2v) is 4.65. The molecule has 1 rings (SSSR count). The number of rotatable bonds is 6. The smallest absolute Gasteiger partial charge is 0.253 e. The van der Waals surface area contributed by atoms with E-state index in [-0.39, 0.29) is 12.5 Å². The number of aliphatic hydroxyl groups is 1. The number of nitrogens with two attached hydrogens (primary N) is 1. The maximum absolute atomic E-state index is 12.0. The molecule has 0 aromatic heterocycles. The van der Waals surface area contributed by atoms with Crippen molar-refractivity contribution in [1.29, 1.82) is 0 Å². The normalized spacial score (nSPS) is 10.4. The van der Waals surface area contributed by atoms with Gasteiger partial charge < -0.3 is 15.7 Å². The van der Waals surface area contributed by atoms with Gasteiger partial charge in [0.25, 0.3) is 5.91 Å². The third kappa shape index (κ3) is 4.20. The zero-order valence-electron chi connectivity index (χ0n) is 10.5. The molecular formula is C13H19ClN2O2. The molecule has 0 aliphatic heterocycles. The van der Waals surface area contributed by atoms with E-state index in [4.69, 9.17) is 22.4 Å². The van der Waals surface area contributed by atoms with Crippen LogP contribution in [-0.4, -0.2) is 36.1 Å². The average Bonchev–Trinajstić information content (AvgIpc) is 2.37. The summed E-state index contributed by atoms with van der Waals surface area (Å²) in [7, 11) is 1.76. The Hall–Kier alpha value is -1.26. The minimum atomic E-state index is -0.0686. The minimum absolute atomic E-state index is 0.0686. The molecule has 0 atom stereocenters. The van der Waals surface area contributed by atoms with Crippen LogP contribution in [0, 0.1) is 0 Å². The van der Waals surface area contributed by atoms with Gasteiger partial charge in [0.15, 0.2) is 0 Å². The van der Waals surface area contributed by atoms with Gasteiger partial charge in [-0.25, -0.2) is 0 Å². The summed E-state index contributed by atoms with van der Waals surface area (Å²) in [6.45, 7) is 0.867. The fourth-order valence-electron chi connectivity index (χ4n) is 1.62. The van der Waals surface area contributed by atoms with Crippen LogP contribution in [0.5, 0.6) is 0 Å². The highest BCUT2D eigenvalue weighted by atomic mass is 35.5. The molecule has 0 heterocycles. The van der Waals surface area contributed by atoms with Crippen molar-refractivity contribution in [3.63, 3.8) is 0 Å². The van der Waals surface area contributed by atoms with E-state index in [9.17, 15) is 4.79 Å². The molecule has 4 nitrogen and oxygen atoms in total. The van der Waals surface area contributed by atoms with Gasteiger partial charge in [0, 0.05) is 25.8 Å². The second kappa shape index (κ2) is 7.24. The molecule has 0 saturated carbocycles. The molecule has 5 heteroatoms. The first-order valence-electron chi connectivity index (χ1n) is 5.97. The number of hydrogen-bond acceptors (Lipinski definition) is 3. The summed E-state index contributed by atoms with van der Waals surface area (Å²) in [4.78, 5) is 13.7. The monoisotopic (exact) mass is 270 g/mol. The van der Waals surface area contributed by atoms with Crippen LogP contribution in [0.25, 0.3) is 0 Å². The molecule has 0 aliphatic carbocycles. The van der Waals surface area contributed by atoms with Gasteiger partial charge in [-0.05, 0) is 37.5 Å². The number of amides is 1. The van der Waals surface area contributed by atoms with Crippen LogP contribution in [-0.2, 0) is 0 Å². The molecule has 0 radical (unpaired) electrons. The van der Waals surface area contributed by atoms with E-state index >= 15 is 0 Å². The summed E-state index contributed by atoms with van der Waals surface area (Å²) in [6, 6.07) is 4.90. The lowest BCUT2D eigenvalue weighted by Gasteiger charge is -2.17. The Morgan fingerprint density at radius 1 is 1.39 bits per heavy atom. The van der Waals surface area contributed by atoms with Gasteiger partial charge in [-0.15, -0.1) is 0 Å². The highest BCUT2D eigenvalue weighted by Crippen LogP contribution is 2.20. The number of nitrogen functional groups attached to an aromatic ring is 1. The first-order chi connectivity index (χ1) is 8.56. The number of anilines is 1. The summed E-state index contributed by atoms with van der Waals surface area (Å²) in [5, 5.41) is 9.07. The van der Waals surface area contributed by atoms with Crippen LogP contribution in [0.2, 0.25) is 5.02 Å². The molecule has 100 valence electrons. The third-order valence-corrected chi connectivity index (χ3v) is 3.07. The Morgan fingerprint density at radius 3 is 2.72 bits per heavy atom. The number of hydrogen-bond donors (Lipinski definition) is 2. The van der Waals surface area contributed by atoms with Crippen LogP contribution in [0.3, 0.4) is 0 Å². The van der Waals surface area contributed by atoms with E-state index in [2.05, 4.69) is 0 Å². The Kier molecular flexibility index (Phi) is 5.95. The summed E-state index contributed by atoms with van der Waals surface area (Å²) < 4.78 is 0. The standard InChI is InChI=1S/C13H19ClN2O2/c1-16(7-3-2-4-8-17)13(18)10-5-6-12(15)11(14)9-10/h5-6,9,17H,2-4,7-8,15H2,1H3. The van der Waals surface area contributed by atoms with Crippen molar-refractivity contribution in [2.45, 2.75) is 19.3 Å². The number of carbonyl (C=O) groups is 1. The number of aliphatic hydroxyl groups excluding tert-OH is 1. The van der Waals surface area contributed by atoms with E-state index in [1.807, 2.05) is 0 Å². The highest BCUT2D eigenvalue weighted by molar-refractivity contribution is 6.33. The van der Waals surface area contributed by atoms with Crippen molar-refractivity contribution in [1.82, 2.24) is 4.90 Å². The molecule has 0 saturated heterocycles. The number of nitrogens with zero attached hydrogens (tertiary/aromatic N) is 1. The number of halogens is 1. The fraction of sp³-hybridized carbons (Fsp3) is 0.462. The largest absolute Gasteiger partial charge is 0.398 e. The lowest BCUT2D eigenvalue weighted by atomic mass is 10.1. The molecular weight excluding hydrogens is 252 g/mol. The topological polar surface area (TPSA) is 66.6 Å². The molecule has 3 N–H and O–H groups in total. The van der Waals surface area contributed by atoms with E-state index in [1.54, 1.807) is 30.1 Å². The lowest BCUT2D eigenvalue weighted by Crippen LogP contribution is -2.27. The molecule has 1 aromatic carbocycles. The van der Waals surface area contributed by atoms with Gasteiger partial charge in [0.2, 0.25) is 0 Å². The molecule has 0 unspecified atom stereocenters. The van der Waals surface area contributed by atoms with Crippen molar-refractivity contribution >= 4 is 23.2 Å². The summed E-state index contributed by atoms with van der Waals surface area (Å²) in [5.74, 6) is -0.0686. The second-order valence-electron chi connectivity index (χ2n) is 4.25. The Labute approximate surface area is 112 Å². The first-order valence-corrected chi connectivity index (χ1v) is 6.35. The summed E-state index contributed by atoms with van der Waals surface area (Å²) in [5.41, 5.74) is 6.61. The van der Waals surface area contributed by atoms with E-state index in [1.165, 1.54) is 0 Å². The zero-order valence-corrected chi connectivity index (χ0v) is 11.3. The van der Waals surface area contributed by atoms with Crippen LogP contribution in [0.15, 0.2) is 18.2 Å². The fourth-order valence-corrected chi connectivity index (χ4v) is 1.80. The maximum Gasteiger partial charge on any atom is 0.253 e. The quantitative estimate of drug-likeness (QED) is 0.615. The highest BCUT2D eigenvalue weighted by Gasteiger charge is 2.12. The van der Waals surface area contributed by atoms with Crippen LogP contribution in [0.1, 0.15) is 29.6 Å². The van der Waals surface area contributed by atoms with Gasteiger partial charge in [-0.1, -0.05) is 11.6 Å². The number of unbranched alkanes of at least 4 members (excludes halogenated alkanes) is 2.